The predicted octanol–water partition coefficient (Wildman–Crippen LogP) is 2.99. The van der Waals surface area contributed by atoms with E-state index in [9.17, 15) is 0 Å². The summed E-state index contributed by atoms with van der Waals surface area (Å²) < 4.78 is 0. The van der Waals surface area contributed by atoms with E-state index in [0.717, 1.165) is 17.4 Å². The summed E-state index contributed by atoms with van der Waals surface area (Å²) in [6.07, 6.45) is 2.36. The Morgan fingerprint density at radius 3 is 3.00 bits per heavy atom. The van der Waals surface area contributed by atoms with Gasteiger partial charge in [-0.3, -0.25) is 0 Å². The second-order valence-corrected chi connectivity index (χ2v) is 5.66. The number of rotatable bonds is 2. The largest absolute Gasteiger partial charge is 0.326 e. The molecule has 0 radical (unpaired) electrons. The van der Waals surface area contributed by atoms with Gasteiger partial charge in [0.05, 0.1) is 5.69 Å². The first-order valence-electron chi connectivity index (χ1n) is 6.31. The van der Waals surface area contributed by atoms with Gasteiger partial charge in [-0.05, 0) is 31.4 Å². The Morgan fingerprint density at radius 1 is 1.39 bits per heavy atom. The Kier molecular flexibility index (Phi) is 3.06. The zero-order valence-corrected chi connectivity index (χ0v) is 11.3. The van der Waals surface area contributed by atoms with Crippen LogP contribution < -0.4 is 10.6 Å². The molecule has 2 aromatic rings. The third-order valence-electron chi connectivity index (χ3n) is 3.41. The van der Waals surface area contributed by atoms with Crippen molar-refractivity contribution >= 4 is 22.2 Å². The summed E-state index contributed by atoms with van der Waals surface area (Å²) >= 11 is 1.72. The SMILES string of the molecule is Cc1nc(N2CCCc3ccccc32)sc1CN. The monoisotopic (exact) mass is 259 g/mol. The Bertz CT molecular complexity index is 562. The van der Waals surface area contributed by atoms with E-state index in [-0.39, 0.29) is 0 Å². The molecule has 2 heterocycles. The predicted molar refractivity (Wildman–Crippen MR) is 76.5 cm³/mol. The maximum atomic E-state index is 5.74. The van der Waals surface area contributed by atoms with Crippen LogP contribution in [0.25, 0.3) is 0 Å². The molecule has 18 heavy (non-hydrogen) atoms. The Balaban J connectivity index is 2.02. The fourth-order valence-corrected chi connectivity index (χ4v) is 3.43. The van der Waals surface area contributed by atoms with Crippen LogP contribution in [0.2, 0.25) is 0 Å². The lowest BCUT2D eigenvalue weighted by molar-refractivity contribution is 0.764. The fourth-order valence-electron chi connectivity index (χ4n) is 2.45. The highest BCUT2D eigenvalue weighted by molar-refractivity contribution is 7.15. The number of para-hydroxylation sites is 1. The van der Waals surface area contributed by atoms with Crippen molar-refractivity contribution in [1.29, 1.82) is 0 Å². The second kappa shape index (κ2) is 4.71. The second-order valence-electron chi connectivity index (χ2n) is 4.59. The summed E-state index contributed by atoms with van der Waals surface area (Å²) in [5.74, 6) is 0. The van der Waals surface area contributed by atoms with Crippen molar-refractivity contribution in [1.82, 2.24) is 4.98 Å². The van der Waals surface area contributed by atoms with Gasteiger partial charge in [-0.2, -0.15) is 0 Å². The molecular formula is C14H17N3S. The highest BCUT2D eigenvalue weighted by Gasteiger charge is 2.20. The van der Waals surface area contributed by atoms with Gasteiger partial charge >= 0.3 is 0 Å². The summed E-state index contributed by atoms with van der Waals surface area (Å²) in [6, 6.07) is 8.61. The minimum absolute atomic E-state index is 0.582. The van der Waals surface area contributed by atoms with E-state index in [4.69, 9.17) is 5.73 Å². The molecule has 3 nitrogen and oxygen atoms in total. The van der Waals surface area contributed by atoms with Crippen molar-refractivity contribution in [2.45, 2.75) is 26.3 Å². The lowest BCUT2D eigenvalue weighted by atomic mass is 10.0. The van der Waals surface area contributed by atoms with Crippen molar-refractivity contribution in [2.24, 2.45) is 5.73 Å². The number of hydrogen-bond donors (Lipinski definition) is 1. The van der Waals surface area contributed by atoms with Gasteiger partial charge < -0.3 is 10.6 Å². The summed E-state index contributed by atoms with van der Waals surface area (Å²) in [4.78, 5) is 8.19. The zero-order chi connectivity index (χ0) is 12.5. The van der Waals surface area contributed by atoms with Crippen LogP contribution in [0.15, 0.2) is 24.3 Å². The summed E-state index contributed by atoms with van der Waals surface area (Å²) in [6.45, 7) is 3.67. The molecule has 94 valence electrons. The van der Waals surface area contributed by atoms with Crippen LogP contribution in [0.1, 0.15) is 22.6 Å². The van der Waals surface area contributed by atoms with E-state index in [1.54, 1.807) is 11.3 Å². The first kappa shape index (κ1) is 11.7. The van der Waals surface area contributed by atoms with Crippen LogP contribution in [0.5, 0.6) is 0 Å². The minimum atomic E-state index is 0.582. The highest BCUT2D eigenvalue weighted by Crippen LogP contribution is 2.36. The fraction of sp³-hybridized carbons (Fsp3) is 0.357. The van der Waals surface area contributed by atoms with Gasteiger partial charge in [0.25, 0.3) is 0 Å². The maximum Gasteiger partial charge on any atom is 0.190 e. The number of nitrogens with zero attached hydrogens (tertiary/aromatic N) is 2. The normalized spacial score (nSPS) is 14.7. The van der Waals surface area contributed by atoms with Crippen molar-refractivity contribution in [3.8, 4) is 0 Å². The molecule has 2 N–H and O–H groups in total. The van der Waals surface area contributed by atoms with Gasteiger partial charge in [-0.25, -0.2) is 4.98 Å². The zero-order valence-electron chi connectivity index (χ0n) is 10.5. The van der Waals surface area contributed by atoms with E-state index in [2.05, 4.69) is 34.1 Å². The van der Waals surface area contributed by atoms with Crippen molar-refractivity contribution in [3.63, 3.8) is 0 Å². The molecule has 0 saturated heterocycles. The molecule has 1 aromatic carbocycles. The molecule has 3 rings (SSSR count). The number of thiazole rings is 1. The van der Waals surface area contributed by atoms with Gasteiger partial charge in [-0.15, -0.1) is 0 Å². The molecule has 1 aliphatic rings. The smallest absolute Gasteiger partial charge is 0.190 e. The number of aromatic nitrogens is 1. The lowest BCUT2D eigenvalue weighted by Gasteiger charge is -2.28. The topological polar surface area (TPSA) is 42.2 Å². The number of anilines is 2. The van der Waals surface area contributed by atoms with E-state index in [1.165, 1.54) is 29.0 Å². The standard InChI is InChI=1S/C14H17N3S/c1-10-13(9-15)18-14(16-10)17-8-4-6-11-5-2-3-7-12(11)17/h2-3,5,7H,4,6,8-9,15H2,1H3. The third kappa shape index (κ3) is 1.91. The van der Waals surface area contributed by atoms with E-state index in [1.807, 2.05) is 6.92 Å². The maximum absolute atomic E-state index is 5.74. The first-order chi connectivity index (χ1) is 8.79. The Labute approximate surface area is 111 Å². The molecule has 1 aromatic heterocycles. The number of benzene rings is 1. The molecule has 0 atom stereocenters. The van der Waals surface area contributed by atoms with Gasteiger partial charge in [0, 0.05) is 23.7 Å². The third-order valence-corrected chi connectivity index (χ3v) is 4.61. The van der Waals surface area contributed by atoms with E-state index in [0.29, 0.717) is 6.54 Å². The summed E-state index contributed by atoms with van der Waals surface area (Å²) in [7, 11) is 0. The van der Waals surface area contributed by atoms with Crippen LogP contribution in [-0.4, -0.2) is 11.5 Å². The molecule has 0 fully saturated rings. The van der Waals surface area contributed by atoms with E-state index >= 15 is 0 Å². The summed E-state index contributed by atoms with van der Waals surface area (Å²) in [5, 5.41) is 1.08. The quantitative estimate of drug-likeness (QED) is 0.901. The molecule has 1 aliphatic heterocycles. The van der Waals surface area contributed by atoms with Crippen molar-refractivity contribution < 1.29 is 0 Å². The van der Waals surface area contributed by atoms with Crippen molar-refractivity contribution in [3.05, 3.63) is 40.4 Å². The molecule has 0 amide bonds. The molecule has 0 bridgehead atoms. The summed E-state index contributed by atoms with van der Waals surface area (Å²) in [5.41, 5.74) is 9.54. The number of nitrogens with two attached hydrogens (primary N) is 1. The number of hydrogen-bond acceptors (Lipinski definition) is 4. The number of fused-ring (bicyclic) bond motifs is 1. The average Bonchev–Trinajstić information content (AvgIpc) is 2.79. The number of aryl methyl sites for hydroxylation is 2. The average molecular weight is 259 g/mol. The van der Waals surface area contributed by atoms with Crippen LogP contribution in [0, 0.1) is 6.92 Å². The molecule has 4 heteroatoms. The molecular weight excluding hydrogens is 242 g/mol. The van der Waals surface area contributed by atoms with Crippen LogP contribution in [0.3, 0.4) is 0 Å². The Hall–Kier alpha value is -1.39. The minimum Gasteiger partial charge on any atom is -0.326 e. The van der Waals surface area contributed by atoms with Crippen LogP contribution in [0.4, 0.5) is 10.8 Å². The molecule has 0 unspecified atom stereocenters. The van der Waals surface area contributed by atoms with Gasteiger partial charge in [0.1, 0.15) is 0 Å². The van der Waals surface area contributed by atoms with Crippen LogP contribution >= 0.6 is 11.3 Å². The first-order valence-corrected chi connectivity index (χ1v) is 7.13. The van der Waals surface area contributed by atoms with Crippen molar-refractivity contribution in [2.75, 3.05) is 11.4 Å². The van der Waals surface area contributed by atoms with Gasteiger partial charge in [0.2, 0.25) is 0 Å². The molecule has 0 saturated carbocycles. The van der Waals surface area contributed by atoms with E-state index < -0.39 is 0 Å². The molecule has 0 aliphatic carbocycles. The Morgan fingerprint density at radius 2 is 2.22 bits per heavy atom. The molecule has 0 spiro atoms. The lowest BCUT2D eigenvalue weighted by Crippen LogP contribution is -2.24. The highest BCUT2D eigenvalue weighted by atomic mass is 32.1. The van der Waals surface area contributed by atoms with Crippen LogP contribution in [-0.2, 0) is 13.0 Å². The van der Waals surface area contributed by atoms with Gasteiger partial charge in [0.15, 0.2) is 5.13 Å². The van der Waals surface area contributed by atoms with Gasteiger partial charge in [-0.1, -0.05) is 29.5 Å².